The third-order valence-electron chi connectivity index (χ3n) is 6.19. The molecule has 0 atom stereocenters. The van der Waals surface area contributed by atoms with Crippen LogP contribution in [0.1, 0.15) is 18.4 Å². The maximum Gasteiger partial charge on any atom is 0.195 e. The van der Waals surface area contributed by atoms with Crippen molar-refractivity contribution in [2.45, 2.75) is 19.3 Å². The molecule has 174 valence electrons. The average Bonchev–Trinajstić information content (AvgIpc) is 2.87. The number of nitrogens with zero attached hydrogens (tertiary/aromatic N) is 3. The van der Waals surface area contributed by atoms with Crippen molar-refractivity contribution < 1.29 is 13.9 Å². The maximum absolute atomic E-state index is 12.9. The lowest BCUT2D eigenvalue weighted by Gasteiger charge is -2.36. The van der Waals surface area contributed by atoms with Crippen molar-refractivity contribution in [3.63, 3.8) is 0 Å². The summed E-state index contributed by atoms with van der Waals surface area (Å²) in [7, 11) is 3.10. The number of benzene rings is 2. The van der Waals surface area contributed by atoms with Crippen LogP contribution in [0.4, 0.5) is 11.4 Å². The number of anilines is 1. The van der Waals surface area contributed by atoms with E-state index in [0.29, 0.717) is 40.1 Å². The Labute approximate surface area is 192 Å². The smallest absolute Gasteiger partial charge is 0.195 e. The van der Waals surface area contributed by atoms with Gasteiger partial charge in [-0.05, 0) is 55.2 Å². The molecule has 8 nitrogen and oxygen atoms in total. The van der Waals surface area contributed by atoms with Crippen LogP contribution in [0.15, 0.2) is 57.0 Å². The number of rotatable bonds is 9. The Hall–Kier alpha value is -3.39. The molecule has 0 radical (unpaired) electrons. The molecule has 0 aliphatic carbocycles. The number of ether oxygens (including phenoxy) is 2. The van der Waals surface area contributed by atoms with E-state index in [1.54, 1.807) is 38.7 Å². The first-order valence-electron chi connectivity index (χ1n) is 11.2. The number of hydrogen-bond donors (Lipinski definition) is 0. The number of aryl methyl sites for hydroxylation is 1. The number of piperazine rings is 1. The zero-order valence-corrected chi connectivity index (χ0v) is 19.1. The summed E-state index contributed by atoms with van der Waals surface area (Å²) >= 11 is 0. The molecule has 2 aromatic carbocycles. The Morgan fingerprint density at radius 1 is 1.00 bits per heavy atom. The van der Waals surface area contributed by atoms with Gasteiger partial charge in [0.05, 0.1) is 25.9 Å². The van der Waals surface area contributed by atoms with E-state index in [-0.39, 0.29) is 5.43 Å². The van der Waals surface area contributed by atoms with Crippen LogP contribution in [-0.2, 0) is 6.42 Å². The standard InChI is InChI=1S/C25H29N3O5/c1-31-23-15-21-22(16-24(23)32-2)33-17-18(25(21)29)6-3-4-9-27-10-12-28(13-11-27)20-8-5-7-19(14-20)26-30/h5,7-8,14-17H,3-4,6,9-13H2,1-2H3. The van der Waals surface area contributed by atoms with Crippen molar-refractivity contribution >= 4 is 22.3 Å². The van der Waals surface area contributed by atoms with Gasteiger partial charge in [-0.15, -0.1) is 4.91 Å². The van der Waals surface area contributed by atoms with E-state index in [1.165, 1.54) is 0 Å². The molecule has 1 fully saturated rings. The summed E-state index contributed by atoms with van der Waals surface area (Å²) in [6, 6.07) is 10.8. The van der Waals surface area contributed by atoms with E-state index in [4.69, 9.17) is 13.9 Å². The summed E-state index contributed by atoms with van der Waals surface area (Å²) in [5, 5.41) is 3.54. The van der Waals surface area contributed by atoms with Crippen LogP contribution in [0, 0.1) is 4.91 Å². The zero-order chi connectivity index (χ0) is 23.2. The molecule has 1 aliphatic rings. The van der Waals surface area contributed by atoms with E-state index in [0.717, 1.165) is 51.3 Å². The number of fused-ring (bicyclic) bond motifs is 1. The minimum Gasteiger partial charge on any atom is -0.493 e. The van der Waals surface area contributed by atoms with E-state index >= 15 is 0 Å². The van der Waals surface area contributed by atoms with Crippen molar-refractivity contribution in [2.24, 2.45) is 5.18 Å². The van der Waals surface area contributed by atoms with Gasteiger partial charge in [-0.3, -0.25) is 9.69 Å². The fourth-order valence-electron chi connectivity index (χ4n) is 4.30. The molecule has 0 bridgehead atoms. The summed E-state index contributed by atoms with van der Waals surface area (Å²) in [5.41, 5.74) is 2.67. The number of unbranched alkanes of at least 4 members (excludes halogenated alkanes) is 1. The van der Waals surface area contributed by atoms with Crippen LogP contribution < -0.4 is 19.8 Å². The van der Waals surface area contributed by atoms with E-state index in [1.807, 2.05) is 18.2 Å². The fraction of sp³-hybridized carbons (Fsp3) is 0.400. The lowest BCUT2D eigenvalue weighted by molar-refractivity contribution is 0.253. The SMILES string of the molecule is COc1cc2occ(CCCCN3CCN(c4cccc(N=O)c4)CC3)c(=O)c2cc1OC. The van der Waals surface area contributed by atoms with Gasteiger partial charge in [0.25, 0.3) is 0 Å². The number of methoxy groups -OCH3 is 2. The molecule has 0 unspecified atom stereocenters. The zero-order valence-electron chi connectivity index (χ0n) is 19.1. The molecule has 0 saturated carbocycles. The summed E-state index contributed by atoms with van der Waals surface area (Å²) < 4.78 is 16.3. The van der Waals surface area contributed by atoms with Crippen molar-refractivity contribution in [3.05, 3.63) is 63.4 Å². The van der Waals surface area contributed by atoms with Crippen molar-refractivity contribution in [1.29, 1.82) is 0 Å². The Morgan fingerprint density at radius 3 is 2.48 bits per heavy atom. The second kappa shape index (κ2) is 10.5. The highest BCUT2D eigenvalue weighted by molar-refractivity contribution is 5.81. The predicted octanol–water partition coefficient (Wildman–Crippen LogP) is 4.35. The van der Waals surface area contributed by atoms with Gasteiger partial charge < -0.3 is 18.8 Å². The van der Waals surface area contributed by atoms with Gasteiger partial charge >= 0.3 is 0 Å². The Bertz CT molecular complexity index is 1170. The summed E-state index contributed by atoms with van der Waals surface area (Å²) in [4.78, 5) is 28.4. The van der Waals surface area contributed by atoms with Crippen molar-refractivity contribution in [3.8, 4) is 11.5 Å². The molecular formula is C25H29N3O5. The van der Waals surface area contributed by atoms with Crippen LogP contribution in [0.25, 0.3) is 11.0 Å². The van der Waals surface area contributed by atoms with E-state index < -0.39 is 0 Å². The normalized spacial score (nSPS) is 14.4. The summed E-state index contributed by atoms with van der Waals surface area (Å²) in [5.74, 6) is 1.05. The van der Waals surface area contributed by atoms with E-state index in [2.05, 4.69) is 15.0 Å². The maximum atomic E-state index is 12.9. The molecule has 0 amide bonds. The van der Waals surface area contributed by atoms with Crippen LogP contribution in [-0.4, -0.2) is 51.8 Å². The quantitative estimate of drug-likeness (QED) is 0.353. The Balaban J connectivity index is 1.28. The van der Waals surface area contributed by atoms with Crippen molar-refractivity contribution in [1.82, 2.24) is 4.90 Å². The largest absolute Gasteiger partial charge is 0.493 e. The van der Waals surface area contributed by atoms with Gasteiger partial charge in [0, 0.05) is 43.5 Å². The minimum absolute atomic E-state index is 0.0159. The van der Waals surface area contributed by atoms with Crippen LogP contribution in [0.5, 0.6) is 11.5 Å². The number of nitroso groups, excluding NO2 is 1. The Morgan fingerprint density at radius 2 is 1.76 bits per heavy atom. The fourth-order valence-corrected chi connectivity index (χ4v) is 4.30. The highest BCUT2D eigenvalue weighted by atomic mass is 16.5. The molecule has 3 aromatic rings. The first-order valence-corrected chi connectivity index (χ1v) is 11.2. The highest BCUT2D eigenvalue weighted by Gasteiger charge is 2.17. The predicted molar refractivity (Wildman–Crippen MR) is 129 cm³/mol. The molecule has 1 saturated heterocycles. The van der Waals surface area contributed by atoms with Gasteiger partial charge in [-0.1, -0.05) is 6.07 Å². The lowest BCUT2D eigenvalue weighted by atomic mass is 10.1. The molecule has 2 heterocycles. The summed E-state index contributed by atoms with van der Waals surface area (Å²) in [6.07, 6.45) is 4.17. The second-order valence-corrected chi connectivity index (χ2v) is 8.19. The molecule has 33 heavy (non-hydrogen) atoms. The van der Waals surface area contributed by atoms with Gasteiger partial charge in [0.15, 0.2) is 16.9 Å². The third-order valence-corrected chi connectivity index (χ3v) is 6.19. The summed E-state index contributed by atoms with van der Waals surface area (Å²) in [6.45, 7) is 4.77. The van der Waals surface area contributed by atoms with Gasteiger partial charge in [-0.25, -0.2) is 0 Å². The number of hydrogen-bond acceptors (Lipinski definition) is 8. The van der Waals surface area contributed by atoms with E-state index in [9.17, 15) is 9.70 Å². The molecule has 4 rings (SSSR count). The molecule has 0 N–H and O–H groups in total. The van der Waals surface area contributed by atoms with Crippen LogP contribution >= 0.6 is 0 Å². The Kier molecular flexibility index (Phi) is 7.24. The van der Waals surface area contributed by atoms with Crippen molar-refractivity contribution in [2.75, 3.05) is 51.8 Å². The van der Waals surface area contributed by atoms with Gasteiger partial charge in [-0.2, -0.15) is 0 Å². The highest BCUT2D eigenvalue weighted by Crippen LogP contribution is 2.31. The first-order chi connectivity index (χ1) is 16.1. The average molecular weight is 452 g/mol. The van der Waals surface area contributed by atoms with Crippen LogP contribution in [0.2, 0.25) is 0 Å². The third kappa shape index (κ3) is 5.17. The molecule has 8 heteroatoms. The molecule has 1 aliphatic heterocycles. The molecular weight excluding hydrogens is 422 g/mol. The molecule has 1 aromatic heterocycles. The minimum atomic E-state index is -0.0159. The molecule has 0 spiro atoms. The topological polar surface area (TPSA) is 84.6 Å². The van der Waals surface area contributed by atoms with Crippen LogP contribution in [0.3, 0.4) is 0 Å². The monoisotopic (exact) mass is 451 g/mol. The lowest BCUT2D eigenvalue weighted by Crippen LogP contribution is -2.46. The van der Waals surface area contributed by atoms with Gasteiger partial charge in [0.1, 0.15) is 11.3 Å². The van der Waals surface area contributed by atoms with Gasteiger partial charge in [0.2, 0.25) is 0 Å². The second-order valence-electron chi connectivity index (χ2n) is 8.19. The first kappa shape index (κ1) is 22.8.